The fourth-order valence-corrected chi connectivity index (χ4v) is 1.65. The van der Waals surface area contributed by atoms with E-state index in [4.69, 9.17) is 9.47 Å². The third-order valence-corrected chi connectivity index (χ3v) is 2.42. The van der Waals surface area contributed by atoms with Gasteiger partial charge in [0.25, 0.3) is 0 Å². The van der Waals surface area contributed by atoms with E-state index in [0.29, 0.717) is 17.0 Å². The number of nitrogens with zero attached hydrogens (tertiary/aromatic N) is 2. The minimum atomic E-state index is -0.393. The van der Waals surface area contributed by atoms with Crippen molar-refractivity contribution >= 4 is 16.9 Å². The first-order chi connectivity index (χ1) is 7.67. The second kappa shape index (κ2) is 3.84. The zero-order chi connectivity index (χ0) is 11.7. The van der Waals surface area contributed by atoms with Crippen molar-refractivity contribution in [3.63, 3.8) is 0 Å². The Morgan fingerprint density at radius 1 is 1.38 bits per heavy atom. The van der Waals surface area contributed by atoms with Gasteiger partial charge >= 0.3 is 5.97 Å². The van der Waals surface area contributed by atoms with Crippen LogP contribution in [0.25, 0.3) is 10.9 Å². The van der Waals surface area contributed by atoms with Crippen LogP contribution in [0.2, 0.25) is 0 Å². The van der Waals surface area contributed by atoms with Gasteiger partial charge in [-0.05, 0) is 12.1 Å². The first-order valence-electron chi connectivity index (χ1n) is 4.76. The van der Waals surface area contributed by atoms with Crippen molar-refractivity contribution in [2.75, 3.05) is 14.2 Å². The Kier molecular flexibility index (Phi) is 2.52. The number of ether oxygens (including phenoxy) is 2. The molecule has 0 aliphatic heterocycles. The summed E-state index contributed by atoms with van der Waals surface area (Å²) in [6.07, 6.45) is 0. The molecule has 0 radical (unpaired) electrons. The van der Waals surface area contributed by atoms with Crippen LogP contribution in [0.5, 0.6) is 5.75 Å². The predicted molar refractivity (Wildman–Crippen MR) is 58.6 cm³/mol. The third-order valence-electron chi connectivity index (χ3n) is 2.42. The molecule has 1 heterocycles. The molecule has 2 rings (SSSR count). The predicted octanol–water partition coefficient (Wildman–Crippen LogP) is 1.37. The summed E-state index contributed by atoms with van der Waals surface area (Å²) in [5.41, 5.74) is 1.16. The van der Waals surface area contributed by atoms with Gasteiger partial charge in [-0.2, -0.15) is 5.10 Å². The molecule has 0 spiro atoms. The van der Waals surface area contributed by atoms with Crippen LogP contribution in [0, 0.1) is 0 Å². The highest BCUT2D eigenvalue weighted by molar-refractivity contribution is 6.02. The normalized spacial score (nSPS) is 10.4. The fraction of sp³-hybridized carbons (Fsp3) is 0.273. The summed E-state index contributed by atoms with van der Waals surface area (Å²) >= 11 is 0. The van der Waals surface area contributed by atoms with E-state index in [-0.39, 0.29) is 0 Å². The van der Waals surface area contributed by atoms with Crippen LogP contribution in [0.15, 0.2) is 18.2 Å². The highest BCUT2D eigenvalue weighted by Gasteiger charge is 2.17. The molecule has 0 saturated carbocycles. The van der Waals surface area contributed by atoms with E-state index < -0.39 is 5.97 Å². The second-order valence-electron chi connectivity index (χ2n) is 3.35. The van der Waals surface area contributed by atoms with Crippen molar-refractivity contribution in [1.29, 1.82) is 0 Å². The fourth-order valence-electron chi connectivity index (χ4n) is 1.65. The van der Waals surface area contributed by atoms with Gasteiger partial charge in [0.2, 0.25) is 0 Å². The van der Waals surface area contributed by atoms with Crippen LogP contribution >= 0.6 is 0 Å². The van der Waals surface area contributed by atoms with E-state index in [1.807, 2.05) is 0 Å². The Labute approximate surface area is 92.6 Å². The maximum absolute atomic E-state index is 11.5. The number of hydrogen-bond acceptors (Lipinski definition) is 4. The molecule has 1 aromatic carbocycles. The number of esters is 1. The molecule has 0 atom stereocenters. The molecular weight excluding hydrogens is 208 g/mol. The van der Waals surface area contributed by atoms with Gasteiger partial charge in [0, 0.05) is 18.5 Å². The smallest absolute Gasteiger partial charge is 0.356 e. The molecule has 0 saturated heterocycles. The van der Waals surface area contributed by atoms with Gasteiger partial charge in [0.15, 0.2) is 5.69 Å². The van der Waals surface area contributed by atoms with E-state index in [1.165, 1.54) is 11.8 Å². The van der Waals surface area contributed by atoms with Crippen molar-refractivity contribution in [3.05, 3.63) is 23.9 Å². The molecule has 0 aliphatic rings. The van der Waals surface area contributed by atoms with Crippen molar-refractivity contribution in [2.45, 2.75) is 0 Å². The van der Waals surface area contributed by atoms with Crippen molar-refractivity contribution in [2.24, 2.45) is 7.05 Å². The van der Waals surface area contributed by atoms with Gasteiger partial charge in [0.1, 0.15) is 5.75 Å². The lowest BCUT2D eigenvalue weighted by Crippen LogP contribution is -2.08. The zero-order valence-corrected chi connectivity index (χ0v) is 9.35. The molecule has 1 aromatic heterocycles. The first-order valence-corrected chi connectivity index (χ1v) is 4.76. The maximum atomic E-state index is 11.5. The summed E-state index contributed by atoms with van der Waals surface area (Å²) in [6.45, 7) is 0. The molecule has 0 aliphatic carbocycles. The van der Waals surface area contributed by atoms with E-state index in [2.05, 4.69) is 5.10 Å². The molecule has 16 heavy (non-hydrogen) atoms. The molecule has 0 N–H and O–H groups in total. The lowest BCUT2D eigenvalue weighted by molar-refractivity contribution is 0.0590. The van der Waals surface area contributed by atoms with Crippen LogP contribution in [-0.4, -0.2) is 30.0 Å². The van der Waals surface area contributed by atoms with Gasteiger partial charge in [-0.1, -0.05) is 0 Å². The Bertz CT molecular complexity index is 545. The quantitative estimate of drug-likeness (QED) is 0.717. The summed E-state index contributed by atoms with van der Waals surface area (Å²) in [6, 6.07) is 5.37. The van der Waals surface area contributed by atoms with Crippen molar-refractivity contribution in [1.82, 2.24) is 9.78 Å². The SMILES string of the molecule is COC(=O)c1c2ccc(OC)cc2nn1C. The standard InChI is InChI=1S/C11H12N2O3/c1-13-10(11(14)16-3)8-5-4-7(15-2)6-9(8)12-13/h4-6H,1-3H3. The number of aromatic nitrogens is 2. The summed E-state index contributed by atoms with van der Waals surface area (Å²) < 4.78 is 11.3. The maximum Gasteiger partial charge on any atom is 0.356 e. The first kappa shape index (κ1) is 10.5. The largest absolute Gasteiger partial charge is 0.497 e. The van der Waals surface area contributed by atoms with Crippen molar-refractivity contribution in [3.8, 4) is 5.75 Å². The van der Waals surface area contributed by atoms with E-state index in [1.54, 1.807) is 32.4 Å². The number of benzene rings is 1. The minimum Gasteiger partial charge on any atom is -0.497 e. The number of aryl methyl sites for hydroxylation is 1. The summed E-state index contributed by atoms with van der Waals surface area (Å²) in [4.78, 5) is 11.5. The number of methoxy groups -OCH3 is 2. The Morgan fingerprint density at radius 3 is 2.75 bits per heavy atom. The zero-order valence-electron chi connectivity index (χ0n) is 9.35. The van der Waals surface area contributed by atoms with Crippen LogP contribution in [0.4, 0.5) is 0 Å². The molecule has 0 unspecified atom stereocenters. The monoisotopic (exact) mass is 220 g/mol. The number of carbonyl (C=O) groups is 1. The van der Waals surface area contributed by atoms with E-state index >= 15 is 0 Å². The number of hydrogen-bond donors (Lipinski definition) is 0. The Balaban J connectivity index is 2.66. The molecule has 0 fully saturated rings. The minimum absolute atomic E-state index is 0.393. The van der Waals surface area contributed by atoms with Gasteiger partial charge in [-0.15, -0.1) is 0 Å². The van der Waals surface area contributed by atoms with E-state index in [0.717, 1.165) is 5.39 Å². The van der Waals surface area contributed by atoms with Crippen molar-refractivity contribution < 1.29 is 14.3 Å². The summed E-state index contributed by atoms with van der Waals surface area (Å²) in [5.74, 6) is 0.317. The average molecular weight is 220 g/mol. The molecular formula is C11H12N2O3. The topological polar surface area (TPSA) is 53.4 Å². The van der Waals surface area contributed by atoms with Gasteiger partial charge in [0.05, 0.1) is 19.7 Å². The third kappa shape index (κ3) is 1.50. The highest BCUT2D eigenvalue weighted by atomic mass is 16.5. The van der Waals surface area contributed by atoms with E-state index in [9.17, 15) is 4.79 Å². The second-order valence-corrected chi connectivity index (χ2v) is 3.35. The Hall–Kier alpha value is -2.04. The van der Waals surface area contributed by atoms with Crippen LogP contribution in [0.3, 0.4) is 0 Å². The lowest BCUT2D eigenvalue weighted by atomic mass is 10.2. The van der Waals surface area contributed by atoms with Crippen LogP contribution in [-0.2, 0) is 11.8 Å². The van der Waals surface area contributed by atoms with Gasteiger partial charge in [-0.3, -0.25) is 4.68 Å². The number of fused-ring (bicyclic) bond motifs is 1. The highest BCUT2D eigenvalue weighted by Crippen LogP contribution is 2.23. The van der Waals surface area contributed by atoms with Gasteiger partial charge < -0.3 is 9.47 Å². The Morgan fingerprint density at radius 2 is 2.12 bits per heavy atom. The molecule has 0 amide bonds. The number of rotatable bonds is 2. The average Bonchev–Trinajstić information content (AvgIpc) is 2.62. The summed E-state index contributed by atoms with van der Waals surface area (Å²) in [7, 11) is 4.65. The molecule has 5 heteroatoms. The molecule has 0 bridgehead atoms. The summed E-state index contributed by atoms with van der Waals surface area (Å²) in [5, 5.41) is 4.99. The van der Waals surface area contributed by atoms with Crippen LogP contribution < -0.4 is 4.74 Å². The van der Waals surface area contributed by atoms with Gasteiger partial charge in [-0.25, -0.2) is 4.79 Å². The molecule has 5 nitrogen and oxygen atoms in total. The molecule has 2 aromatic rings. The lowest BCUT2D eigenvalue weighted by Gasteiger charge is -2.00. The number of carbonyl (C=O) groups excluding carboxylic acids is 1. The molecule has 84 valence electrons. The van der Waals surface area contributed by atoms with Crippen LogP contribution in [0.1, 0.15) is 10.5 Å².